The minimum atomic E-state index is -3.69. The molecule has 1 aromatic heterocycles. The van der Waals surface area contributed by atoms with E-state index in [2.05, 4.69) is 15.3 Å². The minimum absolute atomic E-state index is 0.0584. The van der Waals surface area contributed by atoms with E-state index in [9.17, 15) is 18.0 Å². The van der Waals surface area contributed by atoms with Crippen molar-refractivity contribution in [3.05, 3.63) is 53.9 Å². The molecule has 0 spiro atoms. The van der Waals surface area contributed by atoms with Gasteiger partial charge in [0.1, 0.15) is 17.1 Å². The van der Waals surface area contributed by atoms with Gasteiger partial charge in [0.25, 0.3) is 5.91 Å². The van der Waals surface area contributed by atoms with Gasteiger partial charge in [0.15, 0.2) is 9.84 Å². The van der Waals surface area contributed by atoms with Gasteiger partial charge in [-0.05, 0) is 36.4 Å². The standard InChI is InChI=1S/C16H15N5O4S/c17-15(22)11-2-1-3-12-14(11)21-13(20-12)8-26(24,25)10-6-4-9(5-7-10)19-16(18)23/h1-7H,8H2,(H2,17,22)(H,20,21)(H3,18,19,23). The molecule has 3 amide bonds. The molecule has 0 saturated heterocycles. The largest absolute Gasteiger partial charge is 0.366 e. The van der Waals surface area contributed by atoms with E-state index in [1.165, 1.54) is 30.3 Å². The number of hydrogen-bond acceptors (Lipinski definition) is 5. The van der Waals surface area contributed by atoms with E-state index in [-0.39, 0.29) is 22.0 Å². The minimum Gasteiger partial charge on any atom is -0.366 e. The van der Waals surface area contributed by atoms with E-state index in [0.29, 0.717) is 16.7 Å². The number of nitrogens with zero attached hydrogens (tertiary/aromatic N) is 1. The molecule has 1 heterocycles. The Hall–Kier alpha value is -3.40. The lowest BCUT2D eigenvalue weighted by Gasteiger charge is -2.05. The first kappa shape index (κ1) is 17.4. The predicted octanol–water partition coefficient (Wildman–Crippen LogP) is 1.13. The molecule has 9 nitrogen and oxygen atoms in total. The van der Waals surface area contributed by atoms with Crippen molar-refractivity contribution in [1.82, 2.24) is 9.97 Å². The number of anilines is 1. The number of nitrogens with two attached hydrogens (primary N) is 2. The normalized spacial score (nSPS) is 11.4. The molecule has 26 heavy (non-hydrogen) atoms. The van der Waals surface area contributed by atoms with Gasteiger partial charge in [-0.15, -0.1) is 0 Å². The zero-order valence-electron chi connectivity index (χ0n) is 13.4. The quantitative estimate of drug-likeness (QED) is 0.526. The average Bonchev–Trinajstić information content (AvgIpc) is 2.95. The van der Waals surface area contributed by atoms with Crippen LogP contribution in [0, 0.1) is 0 Å². The number of amides is 3. The number of aromatic nitrogens is 2. The highest BCUT2D eigenvalue weighted by molar-refractivity contribution is 7.90. The lowest BCUT2D eigenvalue weighted by atomic mass is 10.2. The maximum Gasteiger partial charge on any atom is 0.316 e. The smallest absolute Gasteiger partial charge is 0.316 e. The van der Waals surface area contributed by atoms with Gasteiger partial charge in [-0.1, -0.05) is 6.07 Å². The topological polar surface area (TPSA) is 161 Å². The van der Waals surface area contributed by atoms with Crippen molar-refractivity contribution in [3.8, 4) is 0 Å². The first-order chi connectivity index (χ1) is 12.3. The van der Waals surface area contributed by atoms with Crippen molar-refractivity contribution in [3.63, 3.8) is 0 Å². The zero-order chi connectivity index (χ0) is 18.9. The van der Waals surface area contributed by atoms with Crippen LogP contribution in [0.25, 0.3) is 11.0 Å². The summed E-state index contributed by atoms with van der Waals surface area (Å²) in [7, 11) is -3.69. The van der Waals surface area contributed by atoms with Crippen LogP contribution < -0.4 is 16.8 Å². The van der Waals surface area contributed by atoms with Crippen LogP contribution in [0.5, 0.6) is 0 Å². The van der Waals surface area contributed by atoms with E-state index in [1.807, 2.05) is 0 Å². The molecular formula is C16H15N5O4S. The number of primary amides is 2. The van der Waals surface area contributed by atoms with Crippen molar-refractivity contribution in [1.29, 1.82) is 0 Å². The van der Waals surface area contributed by atoms with Gasteiger partial charge in [0.05, 0.1) is 16.0 Å². The number of carbonyl (C=O) groups excluding carboxylic acids is 2. The molecule has 6 N–H and O–H groups in total. The van der Waals surface area contributed by atoms with Crippen molar-refractivity contribution in [2.45, 2.75) is 10.6 Å². The summed E-state index contributed by atoms with van der Waals surface area (Å²) in [6.45, 7) is 0. The first-order valence-corrected chi connectivity index (χ1v) is 9.08. The zero-order valence-corrected chi connectivity index (χ0v) is 14.2. The number of benzene rings is 2. The molecule has 0 aliphatic carbocycles. The van der Waals surface area contributed by atoms with E-state index in [4.69, 9.17) is 11.5 Å². The summed E-state index contributed by atoms with van der Waals surface area (Å²) in [6, 6.07) is 9.67. The number of sulfone groups is 1. The summed E-state index contributed by atoms with van der Waals surface area (Å²) >= 11 is 0. The van der Waals surface area contributed by atoms with Crippen molar-refractivity contribution >= 4 is 38.5 Å². The molecular weight excluding hydrogens is 358 g/mol. The lowest BCUT2D eigenvalue weighted by molar-refractivity contribution is 0.100. The highest BCUT2D eigenvalue weighted by atomic mass is 32.2. The molecule has 0 unspecified atom stereocenters. The van der Waals surface area contributed by atoms with E-state index < -0.39 is 21.8 Å². The Morgan fingerprint density at radius 2 is 1.77 bits per heavy atom. The molecule has 0 aliphatic heterocycles. The highest BCUT2D eigenvalue weighted by Crippen LogP contribution is 2.21. The summed E-state index contributed by atoms with van der Waals surface area (Å²) in [5.74, 6) is -0.843. The summed E-state index contributed by atoms with van der Waals surface area (Å²) in [6.07, 6.45) is 0. The fourth-order valence-corrected chi connectivity index (χ4v) is 3.72. The number of fused-ring (bicyclic) bond motifs is 1. The van der Waals surface area contributed by atoms with E-state index in [0.717, 1.165) is 0 Å². The summed E-state index contributed by atoms with van der Waals surface area (Å²) in [5, 5.41) is 2.35. The SMILES string of the molecule is NC(=O)Nc1ccc(S(=O)(=O)Cc2nc3c(C(N)=O)cccc3[nH]2)cc1. The summed E-state index contributed by atoms with van der Waals surface area (Å²) in [4.78, 5) is 29.4. The Balaban J connectivity index is 1.90. The molecule has 0 atom stereocenters. The van der Waals surface area contributed by atoms with Crippen LogP contribution in [-0.2, 0) is 15.6 Å². The maximum atomic E-state index is 12.6. The summed E-state index contributed by atoms with van der Waals surface area (Å²) < 4.78 is 25.1. The number of para-hydroxylation sites is 1. The Morgan fingerprint density at radius 3 is 2.38 bits per heavy atom. The third-order valence-electron chi connectivity index (χ3n) is 3.63. The molecule has 134 valence electrons. The molecule has 0 bridgehead atoms. The Morgan fingerprint density at radius 1 is 1.08 bits per heavy atom. The van der Waals surface area contributed by atoms with Crippen LogP contribution in [0.3, 0.4) is 0 Å². The lowest BCUT2D eigenvalue weighted by Crippen LogP contribution is -2.19. The number of rotatable bonds is 5. The number of aromatic amines is 1. The number of urea groups is 1. The van der Waals surface area contributed by atoms with Crippen LogP contribution in [0.4, 0.5) is 10.5 Å². The fraction of sp³-hybridized carbons (Fsp3) is 0.0625. The van der Waals surface area contributed by atoms with Crippen LogP contribution in [-0.4, -0.2) is 30.3 Å². The van der Waals surface area contributed by atoms with E-state index >= 15 is 0 Å². The van der Waals surface area contributed by atoms with E-state index in [1.54, 1.807) is 12.1 Å². The van der Waals surface area contributed by atoms with Gasteiger partial charge < -0.3 is 21.8 Å². The molecule has 0 aliphatic rings. The average molecular weight is 373 g/mol. The molecule has 0 radical (unpaired) electrons. The number of H-pyrrole nitrogens is 1. The predicted molar refractivity (Wildman–Crippen MR) is 95.1 cm³/mol. The first-order valence-electron chi connectivity index (χ1n) is 7.43. The van der Waals surface area contributed by atoms with Gasteiger partial charge in [0, 0.05) is 5.69 Å². The fourth-order valence-electron chi connectivity index (χ4n) is 2.50. The van der Waals surface area contributed by atoms with Crippen LogP contribution in [0.2, 0.25) is 0 Å². The molecule has 3 rings (SSSR count). The van der Waals surface area contributed by atoms with Crippen LogP contribution in [0.1, 0.15) is 16.2 Å². The Bertz CT molecular complexity index is 1100. The van der Waals surface area contributed by atoms with Gasteiger partial charge in [-0.3, -0.25) is 4.79 Å². The monoisotopic (exact) mass is 373 g/mol. The van der Waals surface area contributed by atoms with Crippen molar-refractivity contribution in [2.24, 2.45) is 11.5 Å². The van der Waals surface area contributed by atoms with Crippen molar-refractivity contribution < 1.29 is 18.0 Å². The molecule has 0 saturated carbocycles. The Kier molecular flexibility index (Phi) is 4.34. The van der Waals surface area contributed by atoms with Gasteiger partial charge in [-0.25, -0.2) is 18.2 Å². The number of carbonyl (C=O) groups is 2. The van der Waals surface area contributed by atoms with Crippen molar-refractivity contribution in [2.75, 3.05) is 5.32 Å². The van der Waals surface area contributed by atoms with Gasteiger partial charge in [0.2, 0.25) is 0 Å². The second kappa shape index (κ2) is 6.48. The number of hydrogen-bond donors (Lipinski definition) is 4. The van der Waals surface area contributed by atoms with Gasteiger partial charge >= 0.3 is 6.03 Å². The van der Waals surface area contributed by atoms with Crippen LogP contribution >= 0.6 is 0 Å². The Labute approximate surface area is 148 Å². The maximum absolute atomic E-state index is 12.6. The highest BCUT2D eigenvalue weighted by Gasteiger charge is 2.19. The molecule has 10 heteroatoms. The van der Waals surface area contributed by atoms with Gasteiger partial charge in [-0.2, -0.15) is 0 Å². The molecule has 2 aromatic carbocycles. The molecule has 0 fully saturated rings. The number of imidazole rings is 1. The number of nitrogens with one attached hydrogen (secondary N) is 2. The van der Waals surface area contributed by atoms with Crippen LogP contribution in [0.15, 0.2) is 47.4 Å². The third-order valence-corrected chi connectivity index (χ3v) is 5.28. The second-order valence-electron chi connectivity index (χ2n) is 5.52. The summed E-state index contributed by atoms with van der Waals surface area (Å²) in [5.41, 5.74) is 11.8. The molecule has 3 aromatic rings. The third kappa shape index (κ3) is 3.49. The second-order valence-corrected chi connectivity index (χ2v) is 7.51.